The van der Waals surface area contributed by atoms with Crippen molar-refractivity contribution in [2.45, 2.75) is 57.5 Å². The number of rotatable bonds is 7. The Morgan fingerprint density at radius 2 is 1.67 bits per heavy atom. The van der Waals surface area contributed by atoms with Crippen LogP contribution in [-0.4, -0.2) is 43.7 Å². The quantitative estimate of drug-likeness (QED) is 0.734. The second-order valence-corrected chi connectivity index (χ2v) is 9.19. The first kappa shape index (κ1) is 21.4. The fourth-order valence-corrected chi connectivity index (χ4v) is 4.60. The van der Waals surface area contributed by atoms with Crippen LogP contribution < -0.4 is 10.6 Å². The zero-order chi connectivity index (χ0) is 20.0. The molecule has 7 nitrogen and oxygen atoms in total. The minimum Gasteiger partial charge on any atom is -0.350 e. The van der Waals surface area contributed by atoms with Crippen molar-refractivity contribution in [1.82, 2.24) is 14.9 Å². The summed E-state index contributed by atoms with van der Waals surface area (Å²) >= 11 is 0. The van der Waals surface area contributed by atoms with Gasteiger partial charge in [-0.3, -0.25) is 9.59 Å². The number of nitrogens with zero attached hydrogens (tertiary/aromatic N) is 1. The molecule has 2 amide bonds. The summed E-state index contributed by atoms with van der Waals surface area (Å²) < 4.78 is 26.8. The van der Waals surface area contributed by atoms with E-state index < -0.39 is 16.1 Å². The van der Waals surface area contributed by atoms with E-state index in [4.69, 9.17) is 0 Å². The van der Waals surface area contributed by atoms with Gasteiger partial charge in [0.25, 0.3) is 0 Å². The van der Waals surface area contributed by atoms with Crippen molar-refractivity contribution in [2.75, 3.05) is 13.1 Å². The molecule has 2 N–H and O–H groups in total. The lowest BCUT2D eigenvalue weighted by Crippen LogP contribution is -2.48. The van der Waals surface area contributed by atoms with Crippen molar-refractivity contribution in [3.63, 3.8) is 0 Å². The smallest absolute Gasteiger partial charge is 0.243 e. The predicted octanol–water partition coefficient (Wildman–Crippen LogP) is 1.64. The summed E-state index contributed by atoms with van der Waals surface area (Å²) in [5, 5.41) is 5.44. The van der Waals surface area contributed by atoms with E-state index >= 15 is 0 Å². The van der Waals surface area contributed by atoms with Gasteiger partial charge in [0.15, 0.2) is 0 Å². The van der Waals surface area contributed by atoms with Gasteiger partial charge in [-0.25, -0.2) is 8.42 Å². The molecule has 0 unspecified atom stereocenters. The Kier molecular flexibility index (Phi) is 7.38. The van der Waals surface area contributed by atoms with Gasteiger partial charge in [0.2, 0.25) is 21.8 Å². The summed E-state index contributed by atoms with van der Waals surface area (Å²) in [7, 11) is -3.45. The number of carbonyl (C=O) groups excluding carboxylic acids is 2. The highest BCUT2D eigenvalue weighted by molar-refractivity contribution is 7.89. The SMILES string of the molecule is CC(=O)N[C@H](C(=O)NCc1ccc(S(=O)(=O)N2CCCCC2)cc1)C(C)C. The fraction of sp³-hybridized carbons (Fsp3) is 0.579. The Labute approximate surface area is 161 Å². The highest BCUT2D eigenvalue weighted by Gasteiger charge is 2.26. The molecule has 0 radical (unpaired) electrons. The Morgan fingerprint density at radius 1 is 1.07 bits per heavy atom. The van der Waals surface area contributed by atoms with Gasteiger partial charge in [-0.2, -0.15) is 4.31 Å². The zero-order valence-electron chi connectivity index (χ0n) is 16.2. The number of benzene rings is 1. The summed E-state index contributed by atoms with van der Waals surface area (Å²) in [6.45, 7) is 6.51. The van der Waals surface area contributed by atoms with Gasteiger partial charge in [0.1, 0.15) is 6.04 Å². The van der Waals surface area contributed by atoms with Crippen molar-refractivity contribution < 1.29 is 18.0 Å². The topological polar surface area (TPSA) is 95.6 Å². The lowest BCUT2D eigenvalue weighted by Gasteiger charge is -2.26. The van der Waals surface area contributed by atoms with Crippen LogP contribution >= 0.6 is 0 Å². The predicted molar refractivity (Wildman–Crippen MR) is 103 cm³/mol. The molecule has 2 rings (SSSR count). The number of carbonyl (C=O) groups is 2. The van der Waals surface area contributed by atoms with Crippen LogP contribution in [0.5, 0.6) is 0 Å². The highest BCUT2D eigenvalue weighted by Crippen LogP contribution is 2.20. The van der Waals surface area contributed by atoms with Gasteiger partial charge < -0.3 is 10.6 Å². The maximum Gasteiger partial charge on any atom is 0.243 e. The number of amides is 2. The molecule has 1 aliphatic rings. The third-order valence-electron chi connectivity index (χ3n) is 4.65. The molecular formula is C19H29N3O4S. The summed E-state index contributed by atoms with van der Waals surface area (Å²) in [5.74, 6) is -0.549. The number of sulfonamides is 1. The first-order valence-corrected chi connectivity index (χ1v) is 10.8. The van der Waals surface area contributed by atoms with Crippen molar-refractivity contribution in [3.8, 4) is 0 Å². The minimum atomic E-state index is -3.45. The van der Waals surface area contributed by atoms with Crippen LogP contribution in [-0.2, 0) is 26.2 Å². The summed E-state index contributed by atoms with van der Waals surface area (Å²) in [6, 6.07) is 5.99. The van der Waals surface area contributed by atoms with Crippen molar-refractivity contribution in [1.29, 1.82) is 0 Å². The first-order valence-electron chi connectivity index (χ1n) is 9.35. The maximum absolute atomic E-state index is 12.6. The lowest BCUT2D eigenvalue weighted by atomic mass is 10.0. The van der Waals surface area contributed by atoms with Crippen LogP contribution in [0.15, 0.2) is 29.2 Å². The maximum atomic E-state index is 12.6. The van der Waals surface area contributed by atoms with Crippen LogP contribution in [0.1, 0.15) is 45.6 Å². The first-order chi connectivity index (χ1) is 12.7. The number of piperidine rings is 1. The van der Waals surface area contributed by atoms with E-state index in [1.807, 2.05) is 13.8 Å². The largest absolute Gasteiger partial charge is 0.350 e. The molecule has 0 bridgehead atoms. The van der Waals surface area contributed by atoms with Gasteiger partial charge in [-0.05, 0) is 36.5 Å². The van der Waals surface area contributed by atoms with E-state index in [0.717, 1.165) is 24.8 Å². The molecular weight excluding hydrogens is 366 g/mol. The van der Waals surface area contributed by atoms with Gasteiger partial charge in [0, 0.05) is 26.6 Å². The van der Waals surface area contributed by atoms with Gasteiger partial charge in [-0.15, -0.1) is 0 Å². The fourth-order valence-electron chi connectivity index (χ4n) is 3.09. The van der Waals surface area contributed by atoms with E-state index in [1.165, 1.54) is 11.2 Å². The van der Waals surface area contributed by atoms with Crippen molar-refractivity contribution in [2.24, 2.45) is 5.92 Å². The zero-order valence-corrected chi connectivity index (χ0v) is 17.0. The summed E-state index contributed by atoms with van der Waals surface area (Å²) in [5.41, 5.74) is 0.797. The lowest BCUT2D eigenvalue weighted by molar-refractivity contribution is -0.129. The molecule has 27 heavy (non-hydrogen) atoms. The van der Waals surface area contributed by atoms with Crippen LogP contribution in [0.4, 0.5) is 0 Å². The molecule has 0 spiro atoms. The van der Waals surface area contributed by atoms with Crippen molar-refractivity contribution in [3.05, 3.63) is 29.8 Å². The normalized spacial score (nSPS) is 16.7. The average Bonchev–Trinajstić information content (AvgIpc) is 2.65. The molecule has 1 atom stereocenters. The molecule has 1 heterocycles. The highest BCUT2D eigenvalue weighted by atomic mass is 32.2. The summed E-state index contributed by atoms with van der Waals surface area (Å²) in [4.78, 5) is 23.8. The molecule has 150 valence electrons. The Balaban J connectivity index is 1.99. The number of hydrogen-bond donors (Lipinski definition) is 2. The van der Waals surface area contributed by atoms with E-state index in [9.17, 15) is 18.0 Å². The van der Waals surface area contributed by atoms with Gasteiger partial charge in [-0.1, -0.05) is 32.4 Å². The van der Waals surface area contributed by atoms with E-state index in [2.05, 4.69) is 10.6 Å². The number of nitrogens with one attached hydrogen (secondary N) is 2. The van der Waals surface area contributed by atoms with Crippen LogP contribution in [0.25, 0.3) is 0 Å². The summed E-state index contributed by atoms with van der Waals surface area (Å²) in [6.07, 6.45) is 2.86. The molecule has 1 aromatic rings. The van der Waals surface area contributed by atoms with Crippen LogP contribution in [0, 0.1) is 5.92 Å². The number of hydrogen-bond acceptors (Lipinski definition) is 4. The molecule has 1 saturated heterocycles. The average molecular weight is 396 g/mol. The van der Waals surface area contributed by atoms with Crippen molar-refractivity contribution >= 4 is 21.8 Å². The Morgan fingerprint density at radius 3 is 2.19 bits per heavy atom. The van der Waals surface area contributed by atoms with Crippen LogP contribution in [0.2, 0.25) is 0 Å². The van der Waals surface area contributed by atoms with Crippen LogP contribution in [0.3, 0.4) is 0 Å². The van der Waals surface area contributed by atoms with E-state index in [1.54, 1.807) is 24.3 Å². The second kappa shape index (κ2) is 9.32. The molecule has 1 fully saturated rings. The second-order valence-electron chi connectivity index (χ2n) is 7.25. The van der Waals surface area contributed by atoms with E-state index in [-0.39, 0.29) is 29.2 Å². The molecule has 1 aromatic carbocycles. The van der Waals surface area contributed by atoms with Gasteiger partial charge >= 0.3 is 0 Å². The molecule has 8 heteroatoms. The van der Waals surface area contributed by atoms with Gasteiger partial charge in [0.05, 0.1) is 4.90 Å². The monoisotopic (exact) mass is 395 g/mol. The minimum absolute atomic E-state index is 0.0361. The van der Waals surface area contributed by atoms with E-state index in [0.29, 0.717) is 13.1 Å². The third kappa shape index (κ3) is 5.77. The molecule has 0 aromatic heterocycles. The Bertz CT molecular complexity index is 754. The molecule has 1 aliphatic heterocycles. The molecule has 0 aliphatic carbocycles. The third-order valence-corrected chi connectivity index (χ3v) is 6.56. The molecule has 0 saturated carbocycles. The standard InChI is InChI=1S/C19H29N3O4S/c1-14(2)18(21-15(3)23)19(24)20-13-16-7-9-17(10-8-16)27(25,26)22-11-5-4-6-12-22/h7-10,14,18H,4-6,11-13H2,1-3H3,(H,20,24)(H,21,23)/t18-/m0/s1. The Hall–Kier alpha value is -1.93.